The number of fused-ring (bicyclic) bond motifs is 1. The van der Waals surface area contributed by atoms with Crippen molar-refractivity contribution in [3.8, 4) is 0 Å². The summed E-state index contributed by atoms with van der Waals surface area (Å²) < 4.78 is 27.2. The maximum atomic E-state index is 13.9. The van der Waals surface area contributed by atoms with Crippen LogP contribution in [0, 0.1) is 11.6 Å². The zero-order valence-corrected chi connectivity index (χ0v) is 11.7. The molecule has 110 valence electrons. The molecule has 0 saturated heterocycles. The van der Waals surface area contributed by atoms with Crippen molar-refractivity contribution in [1.29, 1.82) is 0 Å². The minimum absolute atomic E-state index is 0.00329. The summed E-state index contributed by atoms with van der Waals surface area (Å²) in [5, 5.41) is 0. The van der Waals surface area contributed by atoms with E-state index < -0.39 is 5.82 Å². The highest BCUT2D eigenvalue weighted by atomic mass is 19.1. The Kier molecular flexibility index (Phi) is 3.88. The van der Waals surface area contributed by atoms with Crippen LogP contribution in [0.1, 0.15) is 30.0 Å². The quantitative estimate of drug-likeness (QED) is 0.911. The molecule has 2 aromatic carbocycles. The lowest BCUT2D eigenvalue weighted by atomic mass is 10.0. The molecule has 0 aliphatic carbocycles. The SMILES string of the molecule is NC1CCCN(Cc2cc(F)ccc2F)c2ccccc21. The molecule has 0 radical (unpaired) electrons. The van der Waals surface area contributed by atoms with Crippen molar-refractivity contribution in [2.45, 2.75) is 25.4 Å². The van der Waals surface area contributed by atoms with Gasteiger partial charge in [0, 0.05) is 30.4 Å². The Bertz CT molecular complexity index is 642. The van der Waals surface area contributed by atoms with Crippen LogP contribution in [-0.4, -0.2) is 6.54 Å². The Morgan fingerprint density at radius 1 is 1.14 bits per heavy atom. The van der Waals surface area contributed by atoms with Crippen LogP contribution < -0.4 is 10.6 Å². The van der Waals surface area contributed by atoms with Gasteiger partial charge < -0.3 is 10.6 Å². The van der Waals surface area contributed by atoms with E-state index in [9.17, 15) is 8.78 Å². The molecule has 2 nitrogen and oxygen atoms in total. The van der Waals surface area contributed by atoms with Gasteiger partial charge in [0.05, 0.1) is 0 Å². The number of para-hydroxylation sites is 1. The van der Waals surface area contributed by atoms with Crippen molar-refractivity contribution in [2.24, 2.45) is 5.73 Å². The summed E-state index contributed by atoms with van der Waals surface area (Å²) in [6.45, 7) is 1.15. The molecule has 21 heavy (non-hydrogen) atoms. The molecule has 0 spiro atoms. The molecule has 0 bridgehead atoms. The summed E-state index contributed by atoms with van der Waals surface area (Å²) in [6, 6.07) is 11.5. The van der Waals surface area contributed by atoms with Crippen molar-refractivity contribution < 1.29 is 8.78 Å². The fourth-order valence-electron chi connectivity index (χ4n) is 2.90. The van der Waals surface area contributed by atoms with Gasteiger partial charge in [-0.1, -0.05) is 18.2 Å². The van der Waals surface area contributed by atoms with Gasteiger partial charge in [-0.3, -0.25) is 0 Å². The molecular weight excluding hydrogens is 270 g/mol. The lowest BCUT2D eigenvalue weighted by Gasteiger charge is -2.25. The lowest BCUT2D eigenvalue weighted by Crippen LogP contribution is -2.24. The maximum Gasteiger partial charge on any atom is 0.128 e. The van der Waals surface area contributed by atoms with E-state index in [0.717, 1.165) is 36.7 Å². The molecule has 1 atom stereocenters. The van der Waals surface area contributed by atoms with E-state index in [0.29, 0.717) is 12.1 Å². The number of benzene rings is 2. The van der Waals surface area contributed by atoms with Gasteiger partial charge in [-0.25, -0.2) is 8.78 Å². The number of anilines is 1. The number of halogens is 2. The molecule has 1 unspecified atom stereocenters. The summed E-state index contributed by atoms with van der Waals surface area (Å²) in [6.07, 6.45) is 1.84. The van der Waals surface area contributed by atoms with E-state index in [4.69, 9.17) is 5.73 Å². The molecule has 0 fully saturated rings. The molecule has 0 saturated carbocycles. The number of hydrogen-bond donors (Lipinski definition) is 1. The van der Waals surface area contributed by atoms with Gasteiger partial charge in [-0.2, -0.15) is 0 Å². The maximum absolute atomic E-state index is 13.9. The summed E-state index contributed by atoms with van der Waals surface area (Å²) in [7, 11) is 0. The van der Waals surface area contributed by atoms with Gasteiger partial charge in [-0.15, -0.1) is 0 Å². The van der Waals surface area contributed by atoms with Crippen molar-refractivity contribution in [2.75, 3.05) is 11.4 Å². The van der Waals surface area contributed by atoms with Crippen LogP contribution in [0.15, 0.2) is 42.5 Å². The first-order chi connectivity index (χ1) is 10.1. The lowest BCUT2D eigenvalue weighted by molar-refractivity contribution is 0.577. The zero-order valence-electron chi connectivity index (χ0n) is 11.7. The van der Waals surface area contributed by atoms with Crippen LogP contribution in [-0.2, 0) is 6.54 Å². The number of hydrogen-bond acceptors (Lipinski definition) is 2. The fourth-order valence-corrected chi connectivity index (χ4v) is 2.90. The van der Waals surface area contributed by atoms with Crippen molar-refractivity contribution in [1.82, 2.24) is 0 Å². The fraction of sp³-hybridized carbons (Fsp3) is 0.294. The summed E-state index contributed by atoms with van der Waals surface area (Å²) >= 11 is 0. The molecule has 2 aromatic rings. The predicted molar refractivity (Wildman–Crippen MR) is 80.0 cm³/mol. The average Bonchev–Trinajstić information content (AvgIpc) is 2.64. The van der Waals surface area contributed by atoms with Gasteiger partial charge >= 0.3 is 0 Å². The standard InChI is InChI=1S/C17H18F2N2/c18-13-7-8-15(19)12(10-13)11-21-9-3-5-16(20)14-4-1-2-6-17(14)21/h1-2,4,6-8,10,16H,3,5,9,11,20H2. The van der Waals surface area contributed by atoms with Gasteiger partial charge in [-0.05, 0) is 42.7 Å². The monoisotopic (exact) mass is 288 g/mol. The predicted octanol–water partition coefficient (Wildman–Crippen LogP) is 3.77. The second-order valence-electron chi connectivity index (χ2n) is 5.46. The third-order valence-electron chi connectivity index (χ3n) is 3.99. The van der Waals surface area contributed by atoms with Gasteiger partial charge in [0.2, 0.25) is 0 Å². The number of nitrogens with zero attached hydrogens (tertiary/aromatic N) is 1. The summed E-state index contributed by atoms with van der Waals surface area (Å²) in [5.74, 6) is -0.784. The van der Waals surface area contributed by atoms with Crippen LogP contribution in [0.2, 0.25) is 0 Å². The second-order valence-corrected chi connectivity index (χ2v) is 5.46. The van der Waals surface area contributed by atoms with E-state index in [1.807, 2.05) is 24.3 Å². The Morgan fingerprint density at radius 3 is 2.81 bits per heavy atom. The summed E-state index contributed by atoms with van der Waals surface area (Å²) in [4.78, 5) is 2.08. The highest BCUT2D eigenvalue weighted by Gasteiger charge is 2.21. The molecule has 2 N–H and O–H groups in total. The van der Waals surface area contributed by atoms with E-state index in [1.54, 1.807) is 0 Å². The highest BCUT2D eigenvalue weighted by molar-refractivity contribution is 5.56. The van der Waals surface area contributed by atoms with Crippen LogP contribution in [0.4, 0.5) is 14.5 Å². The average molecular weight is 288 g/mol. The van der Waals surface area contributed by atoms with E-state index in [1.165, 1.54) is 12.1 Å². The third kappa shape index (κ3) is 2.90. The van der Waals surface area contributed by atoms with Gasteiger partial charge in [0.25, 0.3) is 0 Å². The molecule has 0 amide bonds. The van der Waals surface area contributed by atoms with E-state index in [-0.39, 0.29) is 11.9 Å². The topological polar surface area (TPSA) is 29.3 Å². The van der Waals surface area contributed by atoms with E-state index >= 15 is 0 Å². The number of rotatable bonds is 2. The minimum atomic E-state index is -0.411. The Balaban J connectivity index is 1.95. The van der Waals surface area contributed by atoms with Crippen molar-refractivity contribution >= 4 is 5.69 Å². The van der Waals surface area contributed by atoms with Crippen molar-refractivity contribution in [3.05, 3.63) is 65.2 Å². The zero-order chi connectivity index (χ0) is 14.8. The first-order valence-corrected chi connectivity index (χ1v) is 7.18. The van der Waals surface area contributed by atoms with Crippen LogP contribution in [0.3, 0.4) is 0 Å². The molecule has 1 aliphatic heterocycles. The minimum Gasteiger partial charge on any atom is -0.367 e. The molecule has 0 aromatic heterocycles. The Morgan fingerprint density at radius 2 is 1.95 bits per heavy atom. The largest absolute Gasteiger partial charge is 0.367 e. The molecule has 4 heteroatoms. The van der Waals surface area contributed by atoms with Gasteiger partial charge in [0.1, 0.15) is 11.6 Å². The summed E-state index contributed by atoms with van der Waals surface area (Å²) in [5.41, 5.74) is 8.67. The van der Waals surface area contributed by atoms with E-state index in [2.05, 4.69) is 4.90 Å². The highest BCUT2D eigenvalue weighted by Crippen LogP contribution is 2.32. The normalized spacial score (nSPS) is 18.2. The second kappa shape index (κ2) is 5.82. The number of nitrogens with two attached hydrogens (primary N) is 1. The Hall–Kier alpha value is -1.94. The smallest absolute Gasteiger partial charge is 0.128 e. The third-order valence-corrected chi connectivity index (χ3v) is 3.99. The first-order valence-electron chi connectivity index (χ1n) is 7.18. The van der Waals surface area contributed by atoms with Crippen LogP contribution in [0.5, 0.6) is 0 Å². The van der Waals surface area contributed by atoms with Gasteiger partial charge in [0.15, 0.2) is 0 Å². The first kappa shape index (κ1) is 14.0. The van der Waals surface area contributed by atoms with Crippen LogP contribution in [0.25, 0.3) is 0 Å². The molecule has 1 aliphatic rings. The Labute approximate surface area is 123 Å². The molecule has 1 heterocycles. The van der Waals surface area contributed by atoms with Crippen LogP contribution >= 0.6 is 0 Å². The van der Waals surface area contributed by atoms with Crippen molar-refractivity contribution in [3.63, 3.8) is 0 Å². The molecule has 3 rings (SSSR count). The molecular formula is C17H18F2N2.